The van der Waals surface area contributed by atoms with Crippen molar-refractivity contribution in [3.63, 3.8) is 0 Å². The van der Waals surface area contributed by atoms with Crippen molar-refractivity contribution < 1.29 is 27.8 Å². The molecule has 128 valence electrons. The molecule has 0 amide bonds. The van der Waals surface area contributed by atoms with Crippen LogP contribution in [0, 0.1) is 0 Å². The van der Waals surface area contributed by atoms with Crippen LogP contribution in [0.2, 0.25) is 0 Å². The minimum atomic E-state index is -4.50. The maximum atomic E-state index is 12.5. The fourth-order valence-corrected chi connectivity index (χ4v) is 1.88. The topological polar surface area (TPSA) is 71.5 Å². The Bertz CT molecular complexity index is 688. The minimum Gasteiger partial charge on any atom is -0.478 e. The number of carboxylic acid groups (broad SMARTS) is 1. The van der Waals surface area contributed by atoms with Gasteiger partial charge in [-0.25, -0.2) is 9.78 Å². The van der Waals surface area contributed by atoms with E-state index in [1.807, 2.05) is 0 Å². The zero-order chi connectivity index (χ0) is 17.6. The Hall–Kier alpha value is -2.61. The fourth-order valence-electron chi connectivity index (χ4n) is 1.88. The van der Waals surface area contributed by atoms with Gasteiger partial charge in [0.2, 0.25) is 5.88 Å². The van der Waals surface area contributed by atoms with E-state index in [4.69, 9.17) is 9.84 Å². The average molecular weight is 340 g/mol. The molecule has 0 saturated carbocycles. The highest BCUT2D eigenvalue weighted by molar-refractivity contribution is 5.87. The molecule has 0 aliphatic rings. The van der Waals surface area contributed by atoms with Crippen LogP contribution < -0.4 is 10.1 Å². The highest BCUT2D eigenvalue weighted by Gasteiger charge is 2.32. The second kappa shape index (κ2) is 7.78. The van der Waals surface area contributed by atoms with E-state index in [-0.39, 0.29) is 18.1 Å². The number of rotatable bonds is 7. The summed E-state index contributed by atoms with van der Waals surface area (Å²) < 4.78 is 42.7. The van der Waals surface area contributed by atoms with E-state index in [1.54, 1.807) is 12.1 Å². The SMILES string of the molecule is O=C(O)c1ccc(CNCCOc2cccc(C(F)(F)F)n2)cc1. The number of hydrogen-bond acceptors (Lipinski definition) is 4. The van der Waals surface area contributed by atoms with Crippen molar-refractivity contribution in [2.24, 2.45) is 0 Å². The molecular weight excluding hydrogens is 325 g/mol. The van der Waals surface area contributed by atoms with Crippen LogP contribution in [0.15, 0.2) is 42.5 Å². The maximum Gasteiger partial charge on any atom is 0.433 e. The number of benzene rings is 1. The maximum absolute atomic E-state index is 12.5. The Morgan fingerprint density at radius 3 is 2.50 bits per heavy atom. The number of nitrogens with one attached hydrogen (secondary N) is 1. The van der Waals surface area contributed by atoms with Crippen LogP contribution in [-0.4, -0.2) is 29.2 Å². The van der Waals surface area contributed by atoms with Gasteiger partial charge in [-0.05, 0) is 23.8 Å². The lowest BCUT2D eigenvalue weighted by atomic mass is 10.1. The van der Waals surface area contributed by atoms with E-state index in [9.17, 15) is 18.0 Å². The number of nitrogens with zero attached hydrogens (tertiary/aromatic N) is 1. The van der Waals surface area contributed by atoms with Gasteiger partial charge in [0.25, 0.3) is 0 Å². The monoisotopic (exact) mass is 340 g/mol. The molecule has 24 heavy (non-hydrogen) atoms. The van der Waals surface area contributed by atoms with E-state index >= 15 is 0 Å². The largest absolute Gasteiger partial charge is 0.478 e. The first-order valence-electron chi connectivity index (χ1n) is 7.06. The van der Waals surface area contributed by atoms with Crippen LogP contribution in [-0.2, 0) is 12.7 Å². The van der Waals surface area contributed by atoms with Crippen molar-refractivity contribution in [1.82, 2.24) is 10.3 Å². The number of pyridine rings is 1. The van der Waals surface area contributed by atoms with Gasteiger partial charge in [-0.3, -0.25) is 0 Å². The van der Waals surface area contributed by atoms with E-state index < -0.39 is 17.8 Å². The average Bonchev–Trinajstić information content (AvgIpc) is 2.54. The fraction of sp³-hybridized carbons (Fsp3) is 0.250. The number of hydrogen-bond donors (Lipinski definition) is 2. The molecule has 0 aliphatic heterocycles. The lowest BCUT2D eigenvalue weighted by Gasteiger charge is -2.09. The zero-order valence-electron chi connectivity index (χ0n) is 12.5. The van der Waals surface area contributed by atoms with Crippen LogP contribution in [0.3, 0.4) is 0 Å². The van der Waals surface area contributed by atoms with Crippen LogP contribution in [0.25, 0.3) is 0 Å². The third-order valence-corrected chi connectivity index (χ3v) is 3.07. The van der Waals surface area contributed by atoms with Crippen molar-refractivity contribution in [3.8, 4) is 5.88 Å². The Balaban J connectivity index is 1.74. The normalized spacial score (nSPS) is 11.3. The first-order valence-corrected chi connectivity index (χ1v) is 7.06. The zero-order valence-corrected chi connectivity index (χ0v) is 12.5. The summed E-state index contributed by atoms with van der Waals surface area (Å²) in [6.07, 6.45) is -4.50. The van der Waals surface area contributed by atoms with Crippen LogP contribution in [0.1, 0.15) is 21.6 Å². The van der Waals surface area contributed by atoms with E-state index in [0.717, 1.165) is 11.6 Å². The molecule has 0 radical (unpaired) electrons. The Morgan fingerprint density at radius 1 is 1.17 bits per heavy atom. The van der Waals surface area contributed by atoms with Crippen LogP contribution in [0.5, 0.6) is 5.88 Å². The molecule has 0 bridgehead atoms. The minimum absolute atomic E-state index is 0.0857. The van der Waals surface area contributed by atoms with Crippen molar-refractivity contribution in [2.75, 3.05) is 13.2 Å². The molecule has 8 heteroatoms. The quantitative estimate of drug-likeness (QED) is 0.758. The Morgan fingerprint density at radius 2 is 1.88 bits per heavy atom. The van der Waals surface area contributed by atoms with Gasteiger partial charge in [0.1, 0.15) is 12.3 Å². The summed E-state index contributed by atoms with van der Waals surface area (Å²) in [4.78, 5) is 14.1. The predicted molar refractivity (Wildman–Crippen MR) is 79.8 cm³/mol. The lowest BCUT2D eigenvalue weighted by molar-refractivity contribution is -0.141. The Labute approximate surface area is 136 Å². The van der Waals surface area contributed by atoms with Gasteiger partial charge < -0.3 is 15.2 Å². The standard InChI is InChI=1S/C16H15F3N2O3/c17-16(18,19)13-2-1-3-14(21-13)24-9-8-20-10-11-4-6-12(7-5-11)15(22)23/h1-7,20H,8-10H2,(H,22,23). The van der Waals surface area contributed by atoms with E-state index in [1.165, 1.54) is 24.3 Å². The molecule has 5 nitrogen and oxygen atoms in total. The summed E-state index contributed by atoms with van der Waals surface area (Å²) >= 11 is 0. The molecule has 2 N–H and O–H groups in total. The van der Waals surface area contributed by atoms with E-state index in [0.29, 0.717) is 13.1 Å². The van der Waals surface area contributed by atoms with Crippen LogP contribution >= 0.6 is 0 Å². The number of halogens is 3. The van der Waals surface area contributed by atoms with Gasteiger partial charge in [-0.15, -0.1) is 0 Å². The summed E-state index contributed by atoms with van der Waals surface area (Å²) in [5.74, 6) is -1.08. The molecule has 0 fully saturated rings. The summed E-state index contributed by atoms with van der Waals surface area (Å²) in [5, 5.41) is 11.8. The molecule has 0 aliphatic carbocycles. The number of carboxylic acids is 1. The number of aromatic carboxylic acids is 1. The molecule has 2 rings (SSSR count). The molecule has 1 aromatic carbocycles. The van der Waals surface area contributed by atoms with Gasteiger partial charge in [-0.1, -0.05) is 18.2 Å². The first kappa shape index (κ1) is 17.7. The molecule has 0 unspecified atom stereocenters. The Kier molecular flexibility index (Phi) is 5.75. The molecule has 1 heterocycles. The molecule has 1 aromatic heterocycles. The summed E-state index contributed by atoms with van der Waals surface area (Å²) in [6, 6.07) is 9.86. The van der Waals surface area contributed by atoms with Gasteiger partial charge in [0, 0.05) is 19.2 Å². The number of ether oxygens (including phenoxy) is 1. The van der Waals surface area contributed by atoms with Gasteiger partial charge >= 0.3 is 12.1 Å². The van der Waals surface area contributed by atoms with Gasteiger partial charge in [0.15, 0.2) is 0 Å². The second-order valence-corrected chi connectivity index (χ2v) is 4.89. The molecule has 0 spiro atoms. The van der Waals surface area contributed by atoms with Crippen molar-refractivity contribution in [1.29, 1.82) is 0 Å². The number of aromatic nitrogens is 1. The summed E-state index contributed by atoms with van der Waals surface area (Å²) in [5.41, 5.74) is 0.0985. The number of alkyl halides is 3. The van der Waals surface area contributed by atoms with Crippen molar-refractivity contribution in [3.05, 3.63) is 59.3 Å². The third kappa shape index (κ3) is 5.24. The highest BCUT2D eigenvalue weighted by Crippen LogP contribution is 2.28. The number of carbonyl (C=O) groups is 1. The van der Waals surface area contributed by atoms with Gasteiger partial charge in [0.05, 0.1) is 5.56 Å². The smallest absolute Gasteiger partial charge is 0.433 e. The van der Waals surface area contributed by atoms with Gasteiger partial charge in [-0.2, -0.15) is 13.2 Å². The summed E-state index contributed by atoms with van der Waals surface area (Å²) in [6.45, 7) is 1.04. The van der Waals surface area contributed by atoms with Crippen LogP contribution in [0.4, 0.5) is 13.2 Å². The lowest BCUT2D eigenvalue weighted by Crippen LogP contribution is -2.21. The highest BCUT2D eigenvalue weighted by atomic mass is 19.4. The van der Waals surface area contributed by atoms with Crippen molar-refractivity contribution >= 4 is 5.97 Å². The molecule has 2 aromatic rings. The molecule has 0 atom stereocenters. The van der Waals surface area contributed by atoms with E-state index in [2.05, 4.69) is 10.3 Å². The van der Waals surface area contributed by atoms with Crippen molar-refractivity contribution in [2.45, 2.75) is 12.7 Å². The molecular formula is C16H15F3N2O3. The second-order valence-electron chi connectivity index (χ2n) is 4.89. The molecule has 0 saturated heterocycles. The predicted octanol–water partition coefficient (Wildman–Crippen LogP) is 2.97. The third-order valence-electron chi connectivity index (χ3n) is 3.07. The first-order chi connectivity index (χ1) is 11.4. The summed E-state index contributed by atoms with van der Waals surface area (Å²) in [7, 11) is 0.